The molecule has 1 aromatic heterocycles. The topological polar surface area (TPSA) is 71.1 Å². The Balaban J connectivity index is 1.59. The van der Waals surface area contributed by atoms with Crippen LogP contribution in [0.15, 0.2) is 41.8 Å². The molecule has 0 radical (unpaired) electrons. The van der Waals surface area contributed by atoms with E-state index in [0.717, 1.165) is 11.6 Å². The lowest BCUT2D eigenvalue weighted by molar-refractivity contribution is -0.115. The Bertz CT molecular complexity index is 1040. The van der Waals surface area contributed by atoms with E-state index in [1.807, 2.05) is 0 Å². The number of amides is 2. The van der Waals surface area contributed by atoms with E-state index in [9.17, 15) is 22.8 Å². The number of anilines is 1. The molecule has 0 unspecified atom stereocenters. The van der Waals surface area contributed by atoms with Crippen molar-refractivity contribution in [2.24, 2.45) is 0 Å². The minimum absolute atomic E-state index is 0.0988. The van der Waals surface area contributed by atoms with Crippen molar-refractivity contribution in [2.75, 3.05) is 11.9 Å². The van der Waals surface area contributed by atoms with Crippen molar-refractivity contribution < 1.29 is 22.8 Å². The predicted molar refractivity (Wildman–Crippen MR) is 99.8 cm³/mol. The number of nitrogens with zero attached hydrogens (tertiary/aromatic N) is 1. The Hall–Kier alpha value is -2.91. The molecule has 0 aliphatic heterocycles. The van der Waals surface area contributed by atoms with E-state index >= 15 is 0 Å². The van der Waals surface area contributed by atoms with Gasteiger partial charge in [0.15, 0.2) is 17.5 Å². The van der Waals surface area contributed by atoms with Crippen LogP contribution in [0.1, 0.15) is 10.5 Å². The van der Waals surface area contributed by atoms with Crippen LogP contribution < -0.4 is 10.6 Å². The first-order valence-corrected chi connectivity index (χ1v) is 9.04. The second-order valence-corrected chi connectivity index (χ2v) is 6.79. The number of carbonyl (C=O) groups excluding carboxylic acids is 2. The Kier molecular flexibility index (Phi) is 5.96. The first-order valence-electron chi connectivity index (χ1n) is 7.78. The average Bonchev–Trinajstić information content (AvgIpc) is 3.17. The van der Waals surface area contributed by atoms with Gasteiger partial charge < -0.3 is 10.6 Å². The van der Waals surface area contributed by atoms with Crippen LogP contribution in [0.2, 0.25) is 5.02 Å². The molecular formula is C18H11ClF3N3O2S. The average molecular weight is 426 g/mol. The summed E-state index contributed by atoms with van der Waals surface area (Å²) in [5, 5.41) is 7.06. The largest absolute Gasteiger partial charge is 0.342 e. The lowest BCUT2D eigenvalue weighted by Gasteiger charge is -2.08. The number of hydrogen-bond acceptors (Lipinski definition) is 4. The lowest BCUT2D eigenvalue weighted by atomic mass is 10.2. The molecule has 5 nitrogen and oxygen atoms in total. The van der Waals surface area contributed by atoms with E-state index in [2.05, 4.69) is 15.6 Å². The van der Waals surface area contributed by atoms with E-state index in [1.54, 1.807) is 24.3 Å². The van der Waals surface area contributed by atoms with Crippen LogP contribution in [0.4, 0.5) is 18.9 Å². The van der Waals surface area contributed by atoms with Gasteiger partial charge in [-0.1, -0.05) is 23.7 Å². The summed E-state index contributed by atoms with van der Waals surface area (Å²) in [6.45, 7) is -0.509. The number of thiazole rings is 1. The second kappa shape index (κ2) is 8.41. The van der Waals surface area contributed by atoms with Crippen LogP contribution in [0.5, 0.6) is 0 Å². The molecule has 2 aromatic carbocycles. The smallest absolute Gasteiger partial charge is 0.271 e. The second-order valence-electron chi connectivity index (χ2n) is 5.50. The highest BCUT2D eigenvalue weighted by atomic mass is 35.5. The van der Waals surface area contributed by atoms with Gasteiger partial charge in [0, 0.05) is 16.0 Å². The molecular weight excluding hydrogens is 415 g/mol. The number of benzene rings is 2. The van der Waals surface area contributed by atoms with Crippen LogP contribution >= 0.6 is 22.9 Å². The van der Waals surface area contributed by atoms with Gasteiger partial charge in [-0.15, -0.1) is 11.3 Å². The zero-order valence-electron chi connectivity index (χ0n) is 13.9. The number of halogens is 4. The van der Waals surface area contributed by atoms with Crippen LogP contribution in [0.3, 0.4) is 0 Å². The van der Waals surface area contributed by atoms with Gasteiger partial charge in [0.1, 0.15) is 10.7 Å². The van der Waals surface area contributed by atoms with E-state index < -0.39 is 41.5 Å². The van der Waals surface area contributed by atoms with Crippen molar-refractivity contribution in [1.29, 1.82) is 0 Å². The molecule has 0 bridgehead atoms. The van der Waals surface area contributed by atoms with E-state index in [-0.39, 0.29) is 5.69 Å². The quantitative estimate of drug-likeness (QED) is 0.600. The molecule has 10 heteroatoms. The van der Waals surface area contributed by atoms with Gasteiger partial charge in [0.2, 0.25) is 5.91 Å². The molecule has 0 saturated heterocycles. The fourth-order valence-corrected chi connectivity index (χ4v) is 3.10. The molecule has 0 aliphatic rings. The SMILES string of the molecule is O=C(CNC(=O)c1csc(-c2ccc(Cl)cc2)n1)Nc1ccc(F)c(F)c1F. The highest BCUT2D eigenvalue weighted by Gasteiger charge is 2.17. The fraction of sp³-hybridized carbons (Fsp3) is 0.0556. The Morgan fingerprint density at radius 3 is 2.46 bits per heavy atom. The lowest BCUT2D eigenvalue weighted by Crippen LogP contribution is -2.33. The maximum absolute atomic E-state index is 13.5. The number of nitrogens with one attached hydrogen (secondary N) is 2. The van der Waals surface area contributed by atoms with E-state index in [1.165, 1.54) is 16.7 Å². The summed E-state index contributed by atoms with van der Waals surface area (Å²) in [7, 11) is 0. The van der Waals surface area contributed by atoms with Gasteiger partial charge in [-0.2, -0.15) is 0 Å². The molecule has 0 fully saturated rings. The van der Waals surface area contributed by atoms with E-state index in [4.69, 9.17) is 11.6 Å². The summed E-state index contributed by atoms with van der Waals surface area (Å²) in [5.41, 5.74) is 0.346. The third-order valence-corrected chi connectivity index (χ3v) is 4.69. The first-order chi connectivity index (χ1) is 13.3. The maximum Gasteiger partial charge on any atom is 0.271 e. The molecule has 0 saturated carbocycles. The van der Waals surface area contributed by atoms with Crippen LogP contribution in [-0.2, 0) is 4.79 Å². The van der Waals surface area contributed by atoms with Gasteiger partial charge in [0.25, 0.3) is 5.91 Å². The third-order valence-electron chi connectivity index (χ3n) is 3.55. The Labute approximate surface area is 166 Å². The van der Waals surface area contributed by atoms with Crippen molar-refractivity contribution in [3.63, 3.8) is 0 Å². The van der Waals surface area contributed by atoms with Crippen molar-refractivity contribution in [2.45, 2.75) is 0 Å². The molecule has 0 atom stereocenters. The van der Waals surface area contributed by atoms with Crippen LogP contribution in [-0.4, -0.2) is 23.3 Å². The minimum Gasteiger partial charge on any atom is -0.342 e. The van der Waals surface area contributed by atoms with Gasteiger partial charge in [-0.3, -0.25) is 9.59 Å². The summed E-state index contributed by atoms with van der Waals surface area (Å²) in [6, 6.07) is 8.46. The Morgan fingerprint density at radius 2 is 1.75 bits per heavy atom. The molecule has 3 rings (SSSR count). The molecule has 0 aliphatic carbocycles. The standard InChI is InChI=1S/C18H11ClF3N3O2S/c19-10-3-1-9(2-4-10)18-25-13(8-28-18)17(27)23-7-14(26)24-12-6-5-11(20)15(21)16(12)22/h1-6,8H,7H2,(H,23,27)(H,24,26). The van der Waals surface area contributed by atoms with E-state index in [0.29, 0.717) is 16.1 Å². The van der Waals surface area contributed by atoms with Crippen LogP contribution in [0.25, 0.3) is 10.6 Å². The Morgan fingerprint density at radius 1 is 1.04 bits per heavy atom. The molecule has 2 amide bonds. The number of hydrogen-bond donors (Lipinski definition) is 2. The fourth-order valence-electron chi connectivity index (χ4n) is 2.17. The summed E-state index contributed by atoms with van der Waals surface area (Å²) in [4.78, 5) is 28.1. The van der Waals surface area contributed by atoms with Crippen LogP contribution in [0, 0.1) is 17.5 Å². The van der Waals surface area contributed by atoms with Gasteiger partial charge in [0.05, 0.1) is 12.2 Å². The molecule has 2 N–H and O–H groups in total. The zero-order valence-corrected chi connectivity index (χ0v) is 15.5. The number of aromatic nitrogens is 1. The summed E-state index contributed by atoms with van der Waals surface area (Å²) in [6.07, 6.45) is 0. The number of carbonyl (C=O) groups is 2. The van der Waals surface area contributed by atoms with Gasteiger partial charge >= 0.3 is 0 Å². The van der Waals surface area contributed by atoms with Crippen molar-refractivity contribution in [3.05, 3.63) is 69.9 Å². The van der Waals surface area contributed by atoms with Gasteiger partial charge in [-0.05, 0) is 24.3 Å². The van der Waals surface area contributed by atoms with Gasteiger partial charge in [-0.25, -0.2) is 18.2 Å². The third kappa shape index (κ3) is 4.49. The highest BCUT2D eigenvalue weighted by molar-refractivity contribution is 7.13. The number of rotatable bonds is 5. The highest BCUT2D eigenvalue weighted by Crippen LogP contribution is 2.25. The zero-order chi connectivity index (χ0) is 20.3. The monoisotopic (exact) mass is 425 g/mol. The molecule has 0 spiro atoms. The normalized spacial score (nSPS) is 10.6. The summed E-state index contributed by atoms with van der Waals surface area (Å²) < 4.78 is 39.6. The molecule has 144 valence electrons. The predicted octanol–water partition coefficient (Wildman–Crippen LogP) is 4.25. The minimum atomic E-state index is -1.70. The molecule has 1 heterocycles. The summed E-state index contributed by atoms with van der Waals surface area (Å²) >= 11 is 7.06. The molecule has 3 aromatic rings. The van der Waals surface area contributed by atoms with Crippen molar-refractivity contribution in [1.82, 2.24) is 10.3 Å². The van der Waals surface area contributed by atoms with Crippen molar-refractivity contribution >= 4 is 40.4 Å². The maximum atomic E-state index is 13.5. The summed E-state index contributed by atoms with van der Waals surface area (Å²) in [5.74, 6) is -6.02. The first kappa shape index (κ1) is 19.8. The van der Waals surface area contributed by atoms with Crippen molar-refractivity contribution in [3.8, 4) is 10.6 Å². The molecule has 28 heavy (non-hydrogen) atoms.